The first-order chi connectivity index (χ1) is 8.70. The molecule has 1 N–H and O–H groups in total. The second-order valence-corrected chi connectivity index (χ2v) is 7.01. The van der Waals surface area contributed by atoms with Crippen molar-refractivity contribution in [3.8, 4) is 0 Å². The molecule has 106 valence electrons. The summed E-state index contributed by atoms with van der Waals surface area (Å²) in [5.41, 5.74) is 1.77. The van der Waals surface area contributed by atoms with Crippen LogP contribution in [0, 0.1) is 6.92 Å². The molecule has 0 aromatic heterocycles. The Kier molecular flexibility index (Phi) is 5.15. The van der Waals surface area contributed by atoms with Gasteiger partial charge >= 0.3 is 0 Å². The van der Waals surface area contributed by atoms with E-state index in [4.69, 9.17) is 11.6 Å². The van der Waals surface area contributed by atoms with Crippen molar-refractivity contribution >= 4 is 21.6 Å². The minimum Gasteiger partial charge on any atom is -0.392 e. The maximum Gasteiger partial charge on any atom is 0.243 e. The molecule has 0 aliphatic heterocycles. The molecule has 0 bridgehead atoms. The van der Waals surface area contributed by atoms with Crippen LogP contribution in [-0.4, -0.2) is 31.4 Å². The van der Waals surface area contributed by atoms with Gasteiger partial charge in [-0.2, -0.15) is 4.31 Å². The number of rotatable bonds is 5. The Hall–Kier alpha value is -0.880. The second kappa shape index (κ2) is 6.05. The van der Waals surface area contributed by atoms with Crippen LogP contribution in [0.2, 0.25) is 5.02 Å². The highest BCUT2D eigenvalue weighted by Gasteiger charge is 2.24. The van der Waals surface area contributed by atoms with Gasteiger partial charge in [0.25, 0.3) is 0 Å². The third-order valence-corrected chi connectivity index (χ3v) is 4.93. The summed E-state index contributed by atoms with van der Waals surface area (Å²) < 4.78 is 26.1. The Labute approximate surface area is 119 Å². The minimum atomic E-state index is -3.64. The molecule has 0 unspecified atom stereocenters. The van der Waals surface area contributed by atoms with E-state index < -0.39 is 10.0 Å². The topological polar surface area (TPSA) is 57.6 Å². The highest BCUT2D eigenvalue weighted by molar-refractivity contribution is 7.89. The number of halogens is 1. The molecule has 1 rings (SSSR count). The number of benzene rings is 1. The molecule has 19 heavy (non-hydrogen) atoms. The number of nitrogens with zero attached hydrogens (tertiary/aromatic N) is 1. The Morgan fingerprint density at radius 1 is 1.47 bits per heavy atom. The SMILES string of the molecule is C=C(C)CN(C)S(=O)(=O)c1cc(Cl)cc(CO)c1C. The fourth-order valence-corrected chi connectivity index (χ4v) is 3.60. The third-order valence-electron chi connectivity index (χ3n) is 2.78. The molecule has 1 aromatic carbocycles. The van der Waals surface area contributed by atoms with E-state index in [-0.39, 0.29) is 23.1 Å². The van der Waals surface area contributed by atoms with Crippen LogP contribution in [0.15, 0.2) is 29.2 Å². The van der Waals surface area contributed by atoms with Gasteiger partial charge in [0, 0.05) is 18.6 Å². The van der Waals surface area contributed by atoms with Crippen LogP contribution in [0.5, 0.6) is 0 Å². The molecule has 0 spiro atoms. The molecule has 0 aliphatic rings. The first-order valence-corrected chi connectivity index (χ1v) is 7.52. The molecule has 0 saturated heterocycles. The van der Waals surface area contributed by atoms with Crippen LogP contribution in [0.3, 0.4) is 0 Å². The molecule has 0 aliphatic carbocycles. The average molecular weight is 304 g/mol. The van der Waals surface area contributed by atoms with Crippen molar-refractivity contribution in [3.05, 3.63) is 40.4 Å². The summed E-state index contributed by atoms with van der Waals surface area (Å²) in [5, 5.41) is 9.52. The monoisotopic (exact) mass is 303 g/mol. The summed E-state index contributed by atoms with van der Waals surface area (Å²) in [6.45, 7) is 7.11. The van der Waals surface area contributed by atoms with Gasteiger partial charge in [-0.1, -0.05) is 23.8 Å². The molecule has 6 heteroatoms. The summed E-state index contributed by atoms with van der Waals surface area (Å²) >= 11 is 5.91. The lowest BCUT2D eigenvalue weighted by atomic mass is 10.1. The standard InChI is InChI=1S/C13H18ClNO3S/c1-9(2)7-15(4)19(17,18)13-6-12(14)5-11(8-16)10(13)3/h5-6,16H,1,7-8H2,2-4H3. The molecule has 0 heterocycles. The van der Waals surface area contributed by atoms with E-state index in [1.165, 1.54) is 17.4 Å². The number of hydrogen-bond donors (Lipinski definition) is 1. The van der Waals surface area contributed by atoms with Gasteiger partial charge in [0.15, 0.2) is 0 Å². The van der Waals surface area contributed by atoms with Gasteiger partial charge in [-0.3, -0.25) is 0 Å². The average Bonchev–Trinajstić information content (AvgIpc) is 2.30. The normalized spacial score (nSPS) is 11.9. The van der Waals surface area contributed by atoms with E-state index >= 15 is 0 Å². The summed E-state index contributed by atoms with van der Waals surface area (Å²) in [6.07, 6.45) is 0. The second-order valence-electron chi connectivity index (χ2n) is 4.56. The van der Waals surface area contributed by atoms with Crippen molar-refractivity contribution < 1.29 is 13.5 Å². The Morgan fingerprint density at radius 3 is 2.53 bits per heavy atom. The highest BCUT2D eigenvalue weighted by atomic mass is 35.5. The largest absolute Gasteiger partial charge is 0.392 e. The van der Waals surface area contributed by atoms with Crippen LogP contribution < -0.4 is 0 Å². The molecule has 0 amide bonds. The maximum atomic E-state index is 12.5. The first kappa shape index (κ1) is 16.2. The number of aliphatic hydroxyl groups excluding tert-OH is 1. The van der Waals surface area contributed by atoms with Gasteiger partial charge in [-0.25, -0.2) is 8.42 Å². The van der Waals surface area contributed by atoms with E-state index in [0.29, 0.717) is 11.1 Å². The molecule has 0 radical (unpaired) electrons. The lowest BCUT2D eigenvalue weighted by Gasteiger charge is -2.19. The molecule has 0 saturated carbocycles. The van der Waals surface area contributed by atoms with E-state index in [9.17, 15) is 13.5 Å². The van der Waals surface area contributed by atoms with Crippen LogP contribution >= 0.6 is 11.6 Å². The van der Waals surface area contributed by atoms with Gasteiger partial charge in [0.1, 0.15) is 0 Å². The fourth-order valence-electron chi connectivity index (χ4n) is 1.77. The van der Waals surface area contributed by atoms with E-state index in [2.05, 4.69) is 6.58 Å². The molecular formula is C13H18ClNO3S. The minimum absolute atomic E-state index is 0.118. The molecule has 0 fully saturated rings. The number of likely N-dealkylation sites (N-methyl/N-ethyl adjacent to an activating group) is 1. The number of sulfonamides is 1. The highest BCUT2D eigenvalue weighted by Crippen LogP contribution is 2.26. The van der Waals surface area contributed by atoms with E-state index in [0.717, 1.165) is 5.57 Å². The van der Waals surface area contributed by atoms with Crippen molar-refractivity contribution in [2.45, 2.75) is 25.3 Å². The predicted octanol–water partition coefficient (Wildman–Crippen LogP) is 2.34. The van der Waals surface area contributed by atoms with Crippen molar-refractivity contribution in [3.63, 3.8) is 0 Å². The van der Waals surface area contributed by atoms with Crippen molar-refractivity contribution in [1.82, 2.24) is 4.31 Å². The van der Waals surface area contributed by atoms with Gasteiger partial charge in [0.2, 0.25) is 10.0 Å². The summed E-state index contributed by atoms with van der Waals surface area (Å²) in [7, 11) is -2.15. The smallest absolute Gasteiger partial charge is 0.243 e. The zero-order chi connectivity index (χ0) is 14.8. The molecule has 4 nitrogen and oxygen atoms in total. The zero-order valence-electron chi connectivity index (χ0n) is 11.3. The maximum absolute atomic E-state index is 12.5. The van der Waals surface area contributed by atoms with Crippen LogP contribution in [0.1, 0.15) is 18.1 Å². The van der Waals surface area contributed by atoms with E-state index in [1.54, 1.807) is 19.9 Å². The lowest BCUT2D eigenvalue weighted by molar-refractivity contribution is 0.280. The van der Waals surface area contributed by atoms with Crippen molar-refractivity contribution in [2.75, 3.05) is 13.6 Å². The van der Waals surface area contributed by atoms with E-state index in [1.807, 2.05) is 0 Å². The Bertz CT molecular complexity index is 596. The predicted molar refractivity (Wildman–Crippen MR) is 76.7 cm³/mol. The molecule has 0 atom stereocenters. The summed E-state index contributed by atoms with van der Waals surface area (Å²) in [4.78, 5) is 0.118. The van der Waals surface area contributed by atoms with Crippen molar-refractivity contribution in [2.24, 2.45) is 0 Å². The van der Waals surface area contributed by atoms with Gasteiger partial charge in [0.05, 0.1) is 11.5 Å². The van der Waals surface area contributed by atoms with Crippen LogP contribution in [0.4, 0.5) is 0 Å². The van der Waals surface area contributed by atoms with Gasteiger partial charge in [-0.05, 0) is 37.1 Å². The fraction of sp³-hybridized carbons (Fsp3) is 0.385. The zero-order valence-corrected chi connectivity index (χ0v) is 12.8. The van der Waals surface area contributed by atoms with Gasteiger partial charge in [-0.15, -0.1) is 0 Å². The molecular weight excluding hydrogens is 286 g/mol. The van der Waals surface area contributed by atoms with Gasteiger partial charge < -0.3 is 5.11 Å². The van der Waals surface area contributed by atoms with Crippen molar-refractivity contribution in [1.29, 1.82) is 0 Å². The third kappa shape index (κ3) is 3.57. The molecule has 1 aromatic rings. The lowest BCUT2D eigenvalue weighted by Crippen LogP contribution is -2.29. The summed E-state index contributed by atoms with van der Waals surface area (Å²) in [6, 6.07) is 2.97. The Balaban J connectivity index is 3.36. The Morgan fingerprint density at radius 2 is 2.05 bits per heavy atom. The summed E-state index contributed by atoms with van der Waals surface area (Å²) in [5.74, 6) is 0. The number of aliphatic hydroxyl groups is 1. The number of hydrogen-bond acceptors (Lipinski definition) is 3. The first-order valence-electron chi connectivity index (χ1n) is 5.70. The quantitative estimate of drug-likeness (QED) is 0.849. The van der Waals surface area contributed by atoms with Crippen LogP contribution in [0.25, 0.3) is 0 Å². The van der Waals surface area contributed by atoms with Crippen LogP contribution in [-0.2, 0) is 16.6 Å².